The van der Waals surface area contributed by atoms with Gasteiger partial charge < -0.3 is 25.0 Å². The number of rotatable bonds is 9. The Morgan fingerprint density at radius 2 is 2.00 bits per heavy atom. The number of hydrogen-bond acceptors (Lipinski definition) is 5. The molecular formula is C18H35N5O3. The lowest BCUT2D eigenvalue weighted by Gasteiger charge is -2.34. The summed E-state index contributed by atoms with van der Waals surface area (Å²) in [7, 11) is 1.79. The molecule has 0 aromatic rings. The highest BCUT2D eigenvalue weighted by molar-refractivity contribution is 5.79. The van der Waals surface area contributed by atoms with Crippen molar-refractivity contribution in [2.75, 3.05) is 79.3 Å². The van der Waals surface area contributed by atoms with Gasteiger partial charge in [0.05, 0.1) is 13.2 Å². The van der Waals surface area contributed by atoms with E-state index in [9.17, 15) is 4.79 Å². The van der Waals surface area contributed by atoms with Gasteiger partial charge in [-0.3, -0.25) is 14.7 Å². The highest BCUT2D eigenvalue weighted by Gasteiger charge is 2.18. The van der Waals surface area contributed by atoms with E-state index in [1.165, 1.54) is 0 Å². The molecule has 1 unspecified atom stereocenters. The molecule has 26 heavy (non-hydrogen) atoms. The fourth-order valence-corrected chi connectivity index (χ4v) is 3.19. The molecule has 2 aliphatic heterocycles. The second kappa shape index (κ2) is 12.1. The molecular weight excluding hydrogens is 334 g/mol. The average molecular weight is 370 g/mol. The van der Waals surface area contributed by atoms with E-state index < -0.39 is 0 Å². The van der Waals surface area contributed by atoms with Crippen LogP contribution in [-0.2, 0) is 14.3 Å². The molecule has 2 fully saturated rings. The third-order valence-electron chi connectivity index (χ3n) is 4.90. The summed E-state index contributed by atoms with van der Waals surface area (Å²) in [5.74, 6) is 1.58. The van der Waals surface area contributed by atoms with Gasteiger partial charge in [0.1, 0.15) is 0 Å². The van der Waals surface area contributed by atoms with Gasteiger partial charge in [-0.1, -0.05) is 0 Å². The summed E-state index contributed by atoms with van der Waals surface area (Å²) in [5, 5.41) is 6.67. The molecule has 8 heteroatoms. The van der Waals surface area contributed by atoms with Crippen LogP contribution >= 0.6 is 0 Å². The van der Waals surface area contributed by atoms with Crippen molar-refractivity contribution in [3.63, 3.8) is 0 Å². The first-order valence-electron chi connectivity index (χ1n) is 9.77. The lowest BCUT2D eigenvalue weighted by atomic mass is 10.1. The van der Waals surface area contributed by atoms with Crippen LogP contribution in [0.5, 0.6) is 0 Å². The molecule has 0 bridgehead atoms. The van der Waals surface area contributed by atoms with Gasteiger partial charge in [-0.2, -0.15) is 0 Å². The molecule has 2 aliphatic rings. The van der Waals surface area contributed by atoms with E-state index >= 15 is 0 Å². The minimum absolute atomic E-state index is 0.174. The number of hydrogen-bond donors (Lipinski definition) is 2. The number of nitrogens with zero attached hydrogens (tertiary/aromatic N) is 3. The largest absolute Gasteiger partial charge is 0.381 e. The number of ether oxygens (including phenoxy) is 2. The minimum atomic E-state index is 0.174. The number of guanidine groups is 1. The predicted molar refractivity (Wildman–Crippen MR) is 102 cm³/mol. The normalized spacial score (nSPS) is 21.8. The Labute approximate surface area is 157 Å². The Morgan fingerprint density at radius 3 is 2.65 bits per heavy atom. The van der Waals surface area contributed by atoms with Gasteiger partial charge in [0.25, 0.3) is 0 Å². The van der Waals surface area contributed by atoms with Crippen molar-refractivity contribution in [3.8, 4) is 0 Å². The van der Waals surface area contributed by atoms with E-state index in [2.05, 4.69) is 20.5 Å². The molecule has 2 N–H and O–H groups in total. The summed E-state index contributed by atoms with van der Waals surface area (Å²) in [6.45, 7) is 11.1. The number of aliphatic imine (C=N–C) groups is 1. The molecule has 0 spiro atoms. The van der Waals surface area contributed by atoms with Crippen molar-refractivity contribution in [2.45, 2.75) is 19.8 Å². The van der Waals surface area contributed by atoms with Gasteiger partial charge in [-0.05, 0) is 12.8 Å². The van der Waals surface area contributed by atoms with E-state index in [0.717, 1.165) is 91.0 Å². The summed E-state index contributed by atoms with van der Waals surface area (Å²) >= 11 is 0. The molecule has 0 saturated carbocycles. The van der Waals surface area contributed by atoms with Crippen molar-refractivity contribution in [1.29, 1.82) is 0 Å². The number of nitrogens with one attached hydrogen (secondary N) is 2. The zero-order valence-electron chi connectivity index (χ0n) is 16.3. The molecule has 2 rings (SSSR count). The second-order valence-electron chi connectivity index (χ2n) is 6.93. The van der Waals surface area contributed by atoms with Crippen molar-refractivity contribution in [1.82, 2.24) is 20.4 Å². The van der Waals surface area contributed by atoms with Gasteiger partial charge >= 0.3 is 0 Å². The molecule has 1 atom stereocenters. The fourth-order valence-electron chi connectivity index (χ4n) is 3.19. The quantitative estimate of drug-likeness (QED) is 0.332. The maximum Gasteiger partial charge on any atom is 0.219 e. The van der Waals surface area contributed by atoms with Crippen LogP contribution in [-0.4, -0.2) is 101 Å². The second-order valence-corrected chi connectivity index (χ2v) is 6.93. The monoisotopic (exact) mass is 369 g/mol. The Kier molecular flexibility index (Phi) is 9.73. The molecule has 2 heterocycles. The molecule has 2 saturated heterocycles. The van der Waals surface area contributed by atoms with Crippen LogP contribution in [0.1, 0.15) is 19.8 Å². The Hall–Kier alpha value is -1.38. The van der Waals surface area contributed by atoms with E-state index in [0.29, 0.717) is 5.92 Å². The maximum absolute atomic E-state index is 11.3. The van der Waals surface area contributed by atoms with Crippen LogP contribution in [0.15, 0.2) is 4.99 Å². The van der Waals surface area contributed by atoms with E-state index in [1.807, 2.05) is 4.90 Å². The Bertz CT molecular complexity index is 433. The number of carbonyl (C=O) groups excluding carboxylic acids is 1. The lowest BCUT2D eigenvalue weighted by Crippen LogP contribution is -2.50. The van der Waals surface area contributed by atoms with Gasteiger partial charge in [-0.15, -0.1) is 0 Å². The first-order valence-corrected chi connectivity index (χ1v) is 9.77. The van der Waals surface area contributed by atoms with Crippen molar-refractivity contribution in [3.05, 3.63) is 0 Å². The summed E-state index contributed by atoms with van der Waals surface area (Å²) in [6.07, 6.45) is 2.08. The number of amides is 1. The Balaban J connectivity index is 1.45. The van der Waals surface area contributed by atoms with Crippen molar-refractivity contribution >= 4 is 11.9 Å². The first-order chi connectivity index (χ1) is 12.7. The predicted octanol–water partition coefficient (Wildman–Crippen LogP) is -0.241. The van der Waals surface area contributed by atoms with Crippen LogP contribution in [0, 0.1) is 5.92 Å². The van der Waals surface area contributed by atoms with Gasteiger partial charge in [-0.25, -0.2) is 0 Å². The van der Waals surface area contributed by atoms with Crippen LogP contribution in [0.2, 0.25) is 0 Å². The molecule has 0 aromatic heterocycles. The van der Waals surface area contributed by atoms with Crippen molar-refractivity contribution < 1.29 is 14.3 Å². The SMILES string of the molecule is CN=C(NCCCOCC1CCOC1)NCCN1CCN(C(C)=O)CC1. The first kappa shape index (κ1) is 20.9. The minimum Gasteiger partial charge on any atom is -0.381 e. The smallest absolute Gasteiger partial charge is 0.219 e. The van der Waals surface area contributed by atoms with E-state index in [4.69, 9.17) is 9.47 Å². The molecule has 0 radical (unpaired) electrons. The molecule has 1 amide bonds. The summed E-state index contributed by atoms with van der Waals surface area (Å²) in [6, 6.07) is 0. The maximum atomic E-state index is 11.3. The standard InChI is InChI=1S/C18H35N5O3/c1-16(24)23-10-8-22(9-11-23)7-6-21-18(19-2)20-5-3-12-25-14-17-4-13-26-15-17/h17H,3-15H2,1-2H3,(H2,19,20,21). The topological polar surface area (TPSA) is 78.4 Å². The lowest BCUT2D eigenvalue weighted by molar-refractivity contribution is -0.130. The summed E-state index contributed by atoms with van der Waals surface area (Å²) in [4.78, 5) is 19.9. The highest BCUT2D eigenvalue weighted by Crippen LogP contribution is 2.12. The van der Waals surface area contributed by atoms with Crippen LogP contribution < -0.4 is 10.6 Å². The molecule has 0 aromatic carbocycles. The van der Waals surface area contributed by atoms with Crippen LogP contribution in [0.25, 0.3) is 0 Å². The number of carbonyl (C=O) groups is 1. The van der Waals surface area contributed by atoms with Crippen LogP contribution in [0.3, 0.4) is 0 Å². The van der Waals surface area contributed by atoms with Crippen LogP contribution in [0.4, 0.5) is 0 Å². The average Bonchev–Trinajstić information content (AvgIpc) is 3.17. The highest BCUT2D eigenvalue weighted by atomic mass is 16.5. The van der Waals surface area contributed by atoms with Gasteiger partial charge in [0, 0.05) is 78.9 Å². The third-order valence-corrected chi connectivity index (χ3v) is 4.90. The summed E-state index contributed by atoms with van der Waals surface area (Å²) < 4.78 is 11.0. The zero-order chi connectivity index (χ0) is 18.6. The Morgan fingerprint density at radius 1 is 1.23 bits per heavy atom. The third kappa shape index (κ3) is 7.88. The molecule has 150 valence electrons. The number of piperazine rings is 1. The fraction of sp³-hybridized carbons (Fsp3) is 0.889. The van der Waals surface area contributed by atoms with Gasteiger partial charge in [0.2, 0.25) is 5.91 Å². The summed E-state index contributed by atoms with van der Waals surface area (Å²) in [5.41, 5.74) is 0. The molecule has 8 nitrogen and oxygen atoms in total. The van der Waals surface area contributed by atoms with Gasteiger partial charge in [0.15, 0.2) is 5.96 Å². The van der Waals surface area contributed by atoms with E-state index in [-0.39, 0.29) is 5.91 Å². The zero-order valence-corrected chi connectivity index (χ0v) is 16.3. The van der Waals surface area contributed by atoms with Crippen molar-refractivity contribution in [2.24, 2.45) is 10.9 Å². The molecule has 0 aliphatic carbocycles. The van der Waals surface area contributed by atoms with E-state index in [1.54, 1.807) is 14.0 Å².